The fourth-order valence-electron chi connectivity index (χ4n) is 2.07. The van der Waals surface area contributed by atoms with Crippen molar-refractivity contribution < 1.29 is 0 Å². The molecule has 1 heteroatoms. The molecular weight excluding hydrogens is 200 g/mol. The summed E-state index contributed by atoms with van der Waals surface area (Å²) in [6.07, 6.45) is 1.30. The van der Waals surface area contributed by atoms with Crippen molar-refractivity contribution in [2.24, 2.45) is 16.7 Å². The molecule has 1 unspecified atom stereocenters. The lowest BCUT2D eigenvalue weighted by Gasteiger charge is -2.37. The second-order valence-electron chi connectivity index (χ2n) is 7.10. The van der Waals surface area contributed by atoms with Crippen molar-refractivity contribution in [3.63, 3.8) is 0 Å². The zero-order valence-corrected chi connectivity index (χ0v) is 12.8. The van der Waals surface area contributed by atoms with Gasteiger partial charge < -0.3 is 0 Å². The Kier molecular flexibility index (Phi) is 5.74. The van der Waals surface area contributed by atoms with Crippen molar-refractivity contribution in [3.8, 4) is 0 Å². The molecule has 0 fully saturated rings. The first-order valence-corrected chi connectivity index (χ1v) is 7.21. The molecule has 0 aromatic heterocycles. The number of hydrogen-bond acceptors (Lipinski definition) is 1. The van der Waals surface area contributed by atoms with E-state index in [9.17, 15) is 0 Å². The van der Waals surface area contributed by atoms with Gasteiger partial charge in [-0.25, -0.2) is 0 Å². The third-order valence-electron chi connectivity index (χ3n) is 2.77. The molecule has 0 spiro atoms. The second kappa shape index (κ2) is 5.61. The van der Waals surface area contributed by atoms with Gasteiger partial charge in [0.2, 0.25) is 0 Å². The van der Waals surface area contributed by atoms with Gasteiger partial charge in [0.1, 0.15) is 0 Å². The van der Waals surface area contributed by atoms with Gasteiger partial charge >= 0.3 is 0 Å². The van der Waals surface area contributed by atoms with Gasteiger partial charge in [-0.15, -0.1) is 0 Å². The Labute approximate surface area is 102 Å². The van der Waals surface area contributed by atoms with Crippen LogP contribution in [0.15, 0.2) is 0 Å². The molecule has 0 bridgehead atoms. The standard InChI is InChI=1S/C14H30S/c1-11(2)9-15-12(3)14(7,8)10-13(4,5)6/h11-12H,9-10H2,1-8H3. The van der Waals surface area contributed by atoms with Gasteiger partial charge in [-0.05, 0) is 28.9 Å². The van der Waals surface area contributed by atoms with Crippen LogP contribution in [0.5, 0.6) is 0 Å². The Hall–Kier alpha value is 0.350. The molecule has 0 amide bonds. The predicted octanol–water partition coefficient (Wildman–Crippen LogP) is 5.23. The monoisotopic (exact) mass is 230 g/mol. The van der Waals surface area contributed by atoms with Crippen LogP contribution < -0.4 is 0 Å². The minimum Gasteiger partial charge on any atom is -0.158 e. The average molecular weight is 230 g/mol. The highest BCUT2D eigenvalue weighted by Crippen LogP contribution is 2.40. The van der Waals surface area contributed by atoms with Gasteiger partial charge in [-0.2, -0.15) is 11.8 Å². The van der Waals surface area contributed by atoms with Crippen molar-refractivity contribution in [1.29, 1.82) is 0 Å². The SMILES string of the molecule is CC(C)CSC(C)C(C)(C)CC(C)(C)C. The van der Waals surface area contributed by atoms with Gasteiger partial charge in [0.25, 0.3) is 0 Å². The molecule has 0 saturated carbocycles. The predicted molar refractivity (Wildman–Crippen MR) is 74.6 cm³/mol. The molecule has 0 aromatic rings. The van der Waals surface area contributed by atoms with Crippen LogP contribution in [-0.4, -0.2) is 11.0 Å². The minimum atomic E-state index is 0.441. The molecule has 92 valence electrons. The average Bonchev–Trinajstić information content (AvgIpc) is 1.94. The van der Waals surface area contributed by atoms with Crippen molar-refractivity contribution in [2.75, 3.05) is 5.75 Å². The van der Waals surface area contributed by atoms with E-state index in [4.69, 9.17) is 0 Å². The Morgan fingerprint density at radius 1 is 0.933 bits per heavy atom. The number of thioether (sulfide) groups is 1. The Morgan fingerprint density at radius 2 is 1.40 bits per heavy atom. The lowest BCUT2D eigenvalue weighted by Crippen LogP contribution is -2.29. The smallest absolute Gasteiger partial charge is 0.00702 e. The first-order chi connectivity index (χ1) is 6.54. The van der Waals surface area contributed by atoms with E-state index >= 15 is 0 Å². The molecule has 1 atom stereocenters. The van der Waals surface area contributed by atoms with Crippen molar-refractivity contribution in [2.45, 2.75) is 67.1 Å². The molecule has 0 aliphatic heterocycles. The van der Waals surface area contributed by atoms with Crippen LogP contribution in [0.2, 0.25) is 0 Å². The van der Waals surface area contributed by atoms with E-state index in [-0.39, 0.29) is 0 Å². The lowest BCUT2D eigenvalue weighted by molar-refractivity contribution is 0.212. The van der Waals surface area contributed by atoms with Crippen molar-refractivity contribution >= 4 is 11.8 Å². The summed E-state index contributed by atoms with van der Waals surface area (Å²) in [5.41, 5.74) is 0.883. The molecule has 0 radical (unpaired) electrons. The van der Waals surface area contributed by atoms with Crippen LogP contribution in [0.3, 0.4) is 0 Å². The summed E-state index contributed by atoms with van der Waals surface area (Å²) in [5.74, 6) is 2.09. The van der Waals surface area contributed by atoms with Gasteiger partial charge in [0.05, 0.1) is 0 Å². The summed E-state index contributed by atoms with van der Waals surface area (Å²) in [6, 6.07) is 0. The third kappa shape index (κ3) is 7.27. The van der Waals surface area contributed by atoms with Crippen LogP contribution in [0.4, 0.5) is 0 Å². The Morgan fingerprint density at radius 3 is 1.73 bits per heavy atom. The highest BCUT2D eigenvalue weighted by molar-refractivity contribution is 7.99. The zero-order valence-electron chi connectivity index (χ0n) is 12.0. The lowest BCUT2D eigenvalue weighted by atomic mass is 9.74. The van der Waals surface area contributed by atoms with E-state index in [0.29, 0.717) is 10.8 Å². The van der Waals surface area contributed by atoms with Crippen LogP contribution in [0, 0.1) is 16.7 Å². The summed E-state index contributed by atoms with van der Waals surface area (Å²) in [5, 5.41) is 0.749. The summed E-state index contributed by atoms with van der Waals surface area (Å²) >= 11 is 2.13. The van der Waals surface area contributed by atoms with Crippen molar-refractivity contribution in [3.05, 3.63) is 0 Å². The maximum atomic E-state index is 2.41. The van der Waals surface area contributed by atoms with Gasteiger partial charge in [-0.3, -0.25) is 0 Å². The Balaban J connectivity index is 4.19. The summed E-state index contributed by atoms with van der Waals surface area (Å²) in [4.78, 5) is 0. The highest BCUT2D eigenvalue weighted by Gasteiger charge is 2.30. The third-order valence-corrected chi connectivity index (χ3v) is 4.76. The maximum absolute atomic E-state index is 2.41. The molecule has 0 rings (SSSR count). The van der Waals surface area contributed by atoms with Gasteiger partial charge in [-0.1, -0.05) is 55.4 Å². The van der Waals surface area contributed by atoms with E-state index < -0.39 is 0 Å². The summed E-state index contributed by atoms with van der Waals surface area (Å²) in [7, 11) is 0. The van der Waals surface area contributed by atoms with Crippen molar-refractivity contribution in [1.82, 2.24) is 0 Å². The quantitative estimate of drug-likeness (QED) is 0.623. The first-order valence-electron chi connectivity index (χ1n) is 6.16. The first kappa shape index (κ1) is 15.3. The number of rotatable bonds is 5. The molecule has 15 heavy (non-hydrogen) atoms. The number of hydrogen-bond donors (Lipinski definition) is 0. The molecule has 0 aliphatic carbocycles. The molecular formula is C14H30S. The molecule has 0 nitrogen and oxygen atoms in total. The van der Waals surface area contributed by atoms with Crippen LogP contribution >= 0.6 is 11.8 Å². The molecule has 0 aliphatic rings. The summed E-state index contributed by atoms with van der Waals surface area (Å²) < 4.78 is 0. The van der Waals surface area contributed by atoms with Gasteiger partial charge in [0.15, 0.2) is 0 Å². The van der Waals surface area contributed by atoms with E-state index in [1.54, 1.807) is 0 Å². The van der Waals surface area contributed by atoms with Crippen LogP contribution in [0.1, 0.15) is 61.8 Å². The topological polar surface area (TPSA) is 0 Å². The largest absolute Gasteiger partial charge is 0.158 e. The fraction of sp³-hybridized carbons (Fsp3) is 1.00. The molecule has 0 saturated heterocycles. The normalized spacial score (nSPS) is 15.8. The van der Waals surface area contributed by atoms with E-state index in [2.05, 4.69) is 67.2 Å². The second-order valence-corrected chi connectivity index (χ2v) is 8.47. The van der Waals surface area contributed by atoms with E-state index in [1.165, 1.54) is 12.2 Å². The van der Waals surface area contributed by atoms with Crippen LogP contribution in [0.25, 0.3) is 0 Å². The Bertz CT molecular complexity index is 174. The maximum Gasteiger partial charge on any atom is 0.00702 e. The van der Waals surface area contributed by atoms with Crippen LogP contribution in [-0.2, 0) is 0 Å². The molecule has 0 aromatic carbocycles. The molecule has 0 N–H and O–H groups in total. The fourth-order valence-corrected chi connectivity index (χ4v) is 3.28. The van der Waals surface area contributed by atoms with E-state index in [0.717, 1.165) is 11.2 Å². The summed E-state index contributed by atoms with van der Waals surface area (Å²) in [6.45, 7) is 18.8. The highest BCUT2D eigenvalue weighted by atomic mass is 32.2. The van der Waals surface area contributed by atoms with E-state index in [1.807, 2.05) is 0 Å². The zero-order chi connectivity index (χ0) is 12.3. The van der Waals surface area contributed by atoms with Gasteiger partial charge in [0, 0.05) is 5.25 Å². The minimum absolute atomic E-state index is 0.441. The molecule has 0 heterocycles.